The Hall–Kier alpha value is -3.39. The number of carboxylic acids is 2. The summed E-state index contributed by atoms with van der Waals surface area (Å²) in [6, 6.07) is 7.69. The average molecular weight is 509 g/mol. The molecule has 2 heterocycles. The van der Waals surface area contributed by atoms with Crippen molar-refractivity contribution in [2.45, 2.75) is 64.0 Å². The number of aliphatic carboxylic acids is 2. The summed E-state index contributed by atoms with van der Waals surface area (Å²) in [4.78, 5) is 33.9. The molecule has 3 aliphatic rings. The molecule has 0 radical (unpaired) electrons. The predicted molar refractivity (Wildman–Crippen MR) is 141 cm³/mol. The second-order valence-electron chi connectivity index (χ2n) is 10.5. The van der Waals surface area contributed by atoms with Gasteiger partial charge in [-0.3, -0.25) is 9.69 Å². The van der Waals surface area contributed by atoms with Crippen LogP contribution in [0.1, 0.15) is 62.6 Å². The molecular formula is C29H36N2O6. The molecule has 1 saturated carbocycles. The largest absolute Gasteiger partial charge is 0.478 e. The van der Waals surface area contributed by atoms with Gasteiger partial charge in [-0.25, -0.2) is 9.59 Å². The molecule has 1 fully saturated rings. The van der Waals surface area contributed by atoms with Crippen LogP contribution in [0.25, 0.3) is 10.9 Å². The summed E-state index contributed by atoms with van der Waals surface area (Å²) in [6.45, 7) is 5.83. The second kappa shape index (κ2) is 11.3. The average Bonchev–Trinajstić information content (AvgIpc) is 3.52. The Labute approximate surface area is 217 Å². The van der Waals surface area contributed by atoms with Gasteiger partial charge in [0.2, 0.25) is 0 Å². The number of carboxylic acid groups (broad SMARTS) is 2. The number of carbonyl (C=O) groups is 3. The highest BCUT2D eigenvalue weighted by molar-refractivity contribution is 5.90. The van der Waals surface area contributed by atoms with E-state index in [2.05, 4.69) is 60.8 Å². The van der Waals surface area contributed by atoms with E-state index in [9.17, 15) is 14.4 Å². The number of likely N-dealkylation sites (N-methyl/N-ethyl adjacent to an activating group) is 1. The molecule has 1 aromatic carbocycles. The fraction of sp³-hybridized carbons (Fsp3) is 0.483. The van der Waals surface area contributed by atoms with Gasteiger partial charge in [-0.1, -0.05) is 31.1 Å². The molecule has 1 aromatic heterocycles. The van der Waals surface area contributed by atoms with Gasteiger partial charge in [-0.05, 0) is 62.9 Å². The molecule has 2 aromatic rings. The maximum atomic E-state index is 12.4. The molecule has 8 nitrogen and oxygen atoms in total. The summed E-state index contributed by atoms with van der Waals surface area (Å²) < 4.78 is 8.15. The normalized spacial score (nSPS) is 21.5. The number of carbonyl (C=O) groups excluding carboxylic acids is 1. The number of hydrogen-bond donors (Lipinski definition) is 2. The lowest BCUT2D eigenvalue weighted by molar-refractivity contribution is -0.147. The van der Waals surface area contributed by atoms with Crippen LogP contribution in [0.5, 0.6) is 0 Å². The van der Waals surface area contributed by atoms with Gasteiger partial charge in [0.1, 0.15) is 6.61 Å². The quantitative estimate of drug-likeness (QED) is 0.335. The van der Waals surface area contributed by atoms with Crippen LogP contribution >= 0.6 is 0 Å². The van der Waals surface area contributed by atoms with Crippen molar-refractivity contribution in [3.05, 3.63) is 59.3 Å². The Morgan fingerprint density at radius 3 is 2.41 bits per heavy atom. The molecule has 198 valence electrons. The topological polar surface area (TPSA) is 109 Å². The van der Waals surface area contributed by atoms with Crippen LogP contribution in [0.4, 0.5) is 0 Å². The van der Waals surface area contributed by atoms with E-state index >= 15 is 0 Å². The van der Waals surface area contributed by atoms with Crippen LogP contribution in [0, 0.1) is 5.92 Å². The lowest BCUT2D eigenvalue weighted by Crippen LogP contribution is -2.44. The highest BCUT2D eigenvalue weighted by atomic mass is 16.5. The molecule has 5 rings (SSSR count). The van der Waals surface area contributed by atoms with Crippen LogP contribution in [0.3, 0.4) is 0 Å². The molecule has 1 aliphatic heterocycles. The number of esters is 1. The minimum Gasteiger partial charge on any atom is -0.478 e. The predicted octanol–water partition coefficient (Wildman–Crippen LogP) is 4.55. The van der Waals surface area contributed by atoms with Gasteiger partial charge in [0.25, 0.3) is 0 Å². The first-order chi connectivity index (χ1) is 17.7. The van der Waals surface area contributed by atoms with E-state index in [-0.39, 0.29) is 11.9 Å². The number of fused-ring (bicyclic) bond motifs is 2. The van der Waals surface area contributed by atoms with Crippen LogP contribution in [0.2, 0.25) is 0 Å². The van der Waals surface area contributed by atoms with E-state index < -0.39 is 11.9 Å². The van der Waals surface area contributed by atoms with E-state index in [1.165, 1.54) is 27.6 Å². The highest BCUT2D eigenvalue weighted by Gasteiger charge is 2.36. The smallest absolute Gasteiger partial charge is 0.328 e. The van der Waals surface area contributed by atoms with Crippen LogP contribution in [0.15, 0.2) is 48.2 Å². The number of nitrogens with zero attached hydrogens (tertiary/aromatic N) is 2. The fourth-order valence-electron chi connectivity index (χ4n) is 5.90. The molecule has 37 heavy (non-hydrogen) atoms. The van der Waals surface area contributed by atoms with Gasteiger partial charge in [0, 0.05) is 53.8 Å². The van der Waals surface area contributed by atoms with Crippen molar-refractivity contribution in [1.29, 1.82) is 0 Å². The summed E-state index contributed by atoms with van der Waals surface area (Å²) in [6.07, 6.45) is 11.3. The number of hydrogen-bond acceptors (Lipinski definition) is 5. The Morgan fingerprint density at radius 2 is 1.78 bits per heavy atom. The Morgan fingerprint density at radius 1 is 1.11 bits per heavy atom. The molecule has 8 heteroatoms. The molecule has 2 atom stereocenters. The molecule has 2 aliphatic carbocycles. The first-order valence-corrected chi connectivity index (χ1v) is 13.0. The van der Waals surface area contributed by atoms with Crippen LogP contribution in [-0.4, -0.2) is 63.8 Å². The van der Waals surface area contributed by atoms with Gasteiger partial charge >= 0.3 is 17.9 Å². The van der Waals surface area contributed by atoms with Crippen molar-refractivity contribution in [2.24, 2.45) is 5.92 Å². The van der Waals surface area contributed by atoms with Crippen molar-refractivity contribution in [3.63, 3.8) is 0 Å². The third kappa shape index (κ3) is 5.96. The van der Waals surface area contributed by atoms with Crippen molar-refractivity contribution in [3.8, 4) is 0 Å². The van der Waals surface area contributed by atoms with E-state index in [0.29, 0.717) is 36.8 Å². The molecule has 0 unspecified atom stereocenters. The molecule has 2 N–H and O–H groups in total. The van der Waals surface area contributed by atoms with E-state index in [1.807, 2.05) is 0 Å². The molecule has 0 bridgehead atoms. The third-order valence-corrected chi connectivity index (χ3v) is 7.62. The summed E-state index contributed by atoms with van der Waals surface area (Å²) in [7, 11) is 2.22. The monoisotopic (exact) mass is 508 g/mol. The Bertz CT molecular complexity index is 1220. The molecule has 0 spiro atoms. The standard InChI is InChI=1S/C25H32N2O2.C4H4O4/c1-16(2)27-14-19-12-23-21(20-9-6-10-22(27)24(19)20)11-17(13-26(23)3)15-29-25(28)18-7-4-5-8-18;5-3(6)1-2-4(7)8/h6,9-11,14,16,18,21,23H,4-5,7-8,12-13,15H2,1-3H3;1-2H,(H,5,6)(H,7,8)/b;2-1-/t21-,23-;/m1./s1. The van der Waals surface area contributed by atoms with Crippen molar-refractivity contribution in [2.75, 3.05) is 20.2 Å². The van der Waals surface area contributed by atoms with Gasteiger partial charge in [0.05, 0.1) is 5.92 Å². The van der Waals surface area contributed by atoms with Crippen LogP contribution < -0.4 is 0 Å². The van der Waals surface area contributed by atoms with Crippen molar-refractivity contribution < 1.29 is 29.3 Å². The minimum absolute atomic E-state index is 0.00946. The van der Waals surface area contributed by atoms with E-state index in [4.69, 9.17) is 14.9 Å². The SMILES string of the molecule is CC(C)n1cc2c3c(cccc31)[C@H]1C=C(COC(=O)C3CCCC3)CN(C)[C@@H]1C2.O=C(O)/C=C\C(=O)O. The summed E-state index contributed by atoms with van der Waals surface area (Å²) in [5.41, 5.74) is 5.49. The number of ether oxygens (including phenoxy) is 1. The zero-order valence-electron chi connectivity index (χ0n) is 21.7. The lowest BCUT2D eigenvalue weighted by atomic mass is 9.77. The molecule has 0 amide bonds. The summed E-state index contributed by atoms with van der Waals surface area (Å²) in [5.74, 6) is -2.00. The Kier molecular flexibility index (Phi) is 8.17. The van der Waals surface area contributed by atoms with E-state index in [0.717, 1.165) is 38.6 Å². The summed E-state index contributed by atoms with van der Waals surface area (Å²) in [5, 5.41) is 17.1. The highest BCUT2D eigenvalue weighted by Crippen LogP contribution is 2.43. The third-order valence-electron chi connectivity index (χ3n) is 7.62. The van der Waals surface area contributed by atoms with Crippen molar-refractivity contribution >= 4 is 28.8 Å². The maximum absolute atomic E-state index is 12.4. The first kappa shape index (κ1) is 26.7. The van der Waals surface area contributed by atoms with Gasteiger partial charge in [-0.15, -0.1) is 0 Å². The lowest BCUT2D eigenvalue weighted by Gasteiger charge is -2.41. The maximum Gasteiger partial charge on any atom is 0.328 e. The second-order valence-corrected chi connectivity index (χ2v) is 10.5. The summed E-state index contributed by atoms with van der Waals surface area (Å²) >= 11 is 0. The first-order valence-electron chi connectivity index (χ1n) is 13.0. The molecule has 0 saturated heterocycles. The van der Waals surface area contributed by atoms with Gasteiger partial charge in [-0.2, -0.15) is 0 Å². The molecular weight excluding hydrogens is 472 g/mol. The fourth-order valence-corrected chi connectivity index (χ4v) is 5.90. The van der Waals surface area contributed by atoms with Crippen molar-refractivity contribution in [1.82, 2.24) is 9.47 Å². The number of aromatic nitrogens is 1. The van der Waals surface area contributed by atoms with Crippen LogP contribution in [-0.2, 0) is 25.5 Å². The Balaban J connectivity index is 0.000000349. The minimum atomic E-state index is -1.26. The van der Waals surface area contributed by atoms with Gasteiger partial charge < -0.3 is 19.5 Å². The number of benzene rings is 1. The zero-order valence-corrected chi connectivity index (χ0v) is 21.7. The number of rotatable bonds is 6. The van der Waals surface area contributed by atoms with Gasteiger partial charge in [0.15, 0.2) is 0 Å². The van der Waals surface area contributed by atoms with E-state index in [1.54, 1.807) is 0 Å². The zero-order chi connectivity index (χ0) is 26.7.